The van der Waals surface area contributed by atoms with E-state index in [1.165, 1.54) is 37.7 Å². The molecule has 0 radical (unpaired) electrons. The maximum absolute atomic E-state index is 12.2. The van der Waals surface area contributed by atoms with Crippen molar-refractivity contribution in [3.05, 3.63) is 23.3 Å². The number of carbonyl (C=O) groups is 1. The van der Waals surface area contributed by atoms with E-state index in [0.717, 1.165) is 49.9 Å². The number of rotatable bonds is 3. The van der Waals surface area contributed by atoms with Crippen LogP contribution in [0.25, 0.3) is 0 Å². The highest BCUT2D eigenvalue weighted by Gasteiger charge is 2.59. The first-order chi connectivity index (χ1) is 14.8. The molecule has 1 heterocycles. The van der Waals surface area contributed by atoms with E-state index in [4.69, 9.17) is 4.74 Å². The van der Waals surface area contributed by atoms with Gasteiger partial charge in [0.1, 0.15) is 6.10 Å². The molecule has 0 saturated heterocycles. The lowest BCUT2D eigenvalue weighted by molar-refractivity contribution is -0.150. The summed E-state index contributed by atoms with van der Waals surface area (Å²) < 4.78 is 5.87. The summed E-state index contributed by atoms with van der Waals surface area (Å²) in [7, 11) is 0. The van der Waals surface area contributed by atoms with Crippen molar-refractivity contribution < 1.29 is 14.6 Å². The monoisotopic (exact) mass is 426 g/mol. The number of aliphatic hydroxyl groups excluding tert-OH is 1. The second-order valence-electron chi connectivity index (χ2n) is 12.1. The number of hydrogen-bond acceptors (Lipinski definition) is 3. The van der Waals surface area contributed by atoms with E-state index in [2.05, 4.69) is 33.8 Å². The van der Waals surface area contributed by atoms with E-state index in [1.807, 2.05) is 0 Å². The fraction of sp³-hybridized carbons (Fsp3) is 0.821. The van der Waals surface area contributed by atoms with Crippen LogP contribution >= 0.6 is 0 Å². The van der Waals surface area contributed by atoms with Crippen molar-refractivity contribution in [2.75, 3.05) is 0 Å². The summed E-state index contributed by atoms with van der Waals surface area (Å²) in [5.41, 5.74) is 3.50. The Hall–Kier alpha value is -1.09. The first kappa shape index (κ1) is 21.7. The van der Waals surface area contributed by atoms with E-state index in [1.54, 1.807) is 11.6 Å². The van der Waals surface area contributed by atoms with Crippen molar-refractivity contribution in [1.29, 1.82) is 0 Å². The van der Waals surface area contributed by atoms with Gasteiger partial charge in [-0.1, -0.05) is 44.9 Å². The Labute approximate surface area is 188 Å². The van der Waals surface area contributed by atoms with Crippen molar-refractivity contribution in [3.63, 3.8) is 0 Å². The molecule has 0 aromatic carbocycles. The maximum Gasteiger partial charge on any atom is 0.330 e. The molecule has 172 valence electrons. The summed E-state index contributed by atoms with van der Waals surface area (Å²) in [6.45, 7) is 9.61. The van der Waals surface area contributed by atoms with Crippen LogP contribution in [0, 0.1) is 40.4 Å². The van der Waals surface area contributed by atoms with Crippen molar-refractivity contribution in [3.8, 4) is 0 Å². The normalized spacial score (nSPS) is 48.0. The third-order valence-electron chi connectivity index (χ3n) is 10.9. The van der Waals surface area contributed by atoms with Crippen LogP contribution in [0.5, 0.6) is 0 Å². The Kier molecular flexibility index (Phi) is 5.43. The van der Waals surface area contributed by atoms with Gasteiger partial charge in [0, 0.05) is 12.5 Å². The highest BCUT2D eigenvalue weighted by Crippen LogP contribution is 2.67. The zero-order chi connectivity index (χ0) is 22.0. The van der Waals surface area contributed by atoms with Crippen LogP contribution in [0.2, 0.25) is 0 Å². The van der Waals surface area contributed by atoms with Crippen molar-refractivity contribution in [1.82, 2.24) is 0 Å². The minimum Gasteiger partial charge on any atom is -0.459 e. The quantitative estimate of drug-likeness (QED) is 0.431. The first-order valence-electron chi connectivity index (χ1n) is 13.0. The Bertz CT molecular complexity index is 796. The van der Waals surface area contributed by atoms with Crippen LogP contribution in [0.4, 0.5) is 0 Å². The van der Waals surface area contributed by atoms with E-state index in [-0.39, 0.29) is 18.2 Å². The molecule has 31 heavy (non-hydrogen) atoms. The van der Waals surface area contributed by atoms with Crippen molar-refractivity contribution in [2.24, 2.45) is 40.4 Å². The number of allylic oxidation sites excluding steroid dienone is 1. The Morgan fingerprint density at radius 2 is 1.94 bits per heavy atom. The second kappa shape index (κ2) is 7.75. The summed E-state index contributed by atoms with van der Waals surface area (Å²) in [6, 6.07) is 0. The third-order valence-corrected chi connectivity index (χ3v) is 10.9. The lowest BCUT2D eigenvalue weighted by Crippen LogP contribution is -2.51. The highest BCUT2D eigenvalue weighted by atomic mass is 16.5. The first-order valence-corrected chi connectivity index (χ1v) is 13.0. The standard InChI is InChI=1S/C28H42O3/c1-5-18-14-25(31-26(30)15-18)17(2)22-8-9-23-21-7-6-19-16-20(29)10-12-27(19,3)24(21)11-13-28(22,23)4/h6,15,17,20-25,29H,5,7-14,16H2,1-4H3/t17-,20-,21-,22+,23-,24-,25+,27-,28+/m0/s1. The molecule has 3 saturated carbocycles. The van der Waals surface area contributed by atoms with Crippen LogP contribution in [0.3, 0.4) is 0 Å². The predicted octanol–water partition coefficient (Wildman–Crippen LogP) is 6.21. The molecule has 1 aliphatic heterocycles. The highest BCUT2D eigenvalue weighted by molar-refractivity contribution is 5.83. The SMILES string of the molecule is CCC1=CC(=O)O[C@@H]([C@@H](C)[C@H]2CC[C@H]3[C@@H]4CC=C5C[C@@H](O)CC[C@]5(C)[C@H]4CC[C@]23C)C1. The number of ether oxygens (including phenoxy) is 1. The molecule has 3 fully saturated rings. The van der Waals surface area contributed by atoms with Gasteiger partial charge >= 0.3 is 5.97 Å². The number of carbonyl (C=O) groups excluding carboxylic acids is 1. The van der Waals surface area contributed by atoms with Crippen LogP contribution in [-0.4, -0.2) is 23.3 Å². The summed E-state index contributed by atoms with van der Waals surface area (Å²) in [5.74, 6) is 3.33. The molecule has 0 aromatic heterocycles. The average molecular weight is 427 g/mol. The number of aliphatic hydroxyl groups is 1. The number of hydrogen-bond donors (Lipinski definition) is 1. The molecule has 0 amide bonds. The minimum absolute atomic E-state index is 0.0564. The zero-order valence-electron chi connectivity index (χ0n) is 20.0. The largest absolute Gasteiger partial charge is 0.459 e. The van der Waals surface area contributed by atoms with Crippen molar-refractivity contribution in [2.45, 2.75) is 104 Å². The Balaban J connectivity index is 1.37. The fourth-order valence-corrected chi connectivity index (χ4v) is 9.05. The summed E-state index contributed by atoms with van der Waals surface area (Å²) >= 11 is 0. The molecular weight excluding hydrogens is 384 g/mol. The Morgan fingerprint density at radius 1 is 1.13 bits per heavy atom. The second-order valence-corrected chi connectivity index (χ2v) is 12.1. The van der Waals surface area contributed by atoms with E-state index < -0.39 is 0 Å². The smallest absolute Gasteiger partial charge is 0.330 e. The van der Waals surface area contributed by atoms with Gasteiger partial charge in [0.05, 0.1) is 6.10 Å². The van der Waals surface area contributed by atoms with E-state index >= 15 is 0 Å². The van der Waals surface area contributed by atoms with Crippen LogP contribution in [0.15, 0.2) is 23.3 Å². The van der Waals surface area contributed by atoms with Gasteiger partial charge in [-0.2, -0.15) is 0 Å². The van der Waals surface area contributed by atoms with Gasteiger partial charge in [-0.05, 0) is 98.2 Å². The van der Waals surface area contributed by atoms with Gasteiger partial charge in [-0.3, -0.25) is 0 Å². The summed E-state index contributed by atoms with van der Waals surface area (Å²) in [5, 5.41) is 10.2. The predicted molar refractivity (Wildman–Crippen MR) is 123 cm³/mol. The number of esters is 1. The zero-order valence-corrected chi connectivity index (χ0v) is 20.0. The lowest BCUT2D eigenvalue weighted by atomic mass is 9.47. The molecule has 0 aromatic rings. The summed E-state index contributed by atoms with van der Waals surface area (Å²) in [4.78, 5) is 12.2. The molecule has 9 atom stereocenters. The maximum atomic E-state index is 12.2. The summed E-state index contributed by atoms with van der Waals surface area (Å²) in [6.07, 6.45) is 15.6. The molecule has 0 unspecified atom stereocenters. The van der Waals surface area contributed by atoms with Gasteiger partial charge in [0.25, 0.3) is 0 Å². The molecule has 0 spiro atoms. The van der Waals surface area contributed by atoms with Crippen LogP contribution in [-0.2, 0) is 9.53 Å². The fourth-order valence-electron chi connectivity index (χ4n) is 9.05. The molecule has 0 bridgehead atoms. The molecule has 5 aliphatic rings. The van der Waals surface area contributed by atoms with Gasteiger partial charge in [0.2, 0.25) is 0 Å². The lowest BCUT2D eigenvalue weighted by Gasteiger charge is -2.58. The third kappa shape index (κ3) is 3.36. The van der Waals surface area contributed by atoms with Crippen molar-refractivity contribution >= 4 is 5.97 Å². The molecule has 3 heteroatoms. The average Bonchev–Trinajstić information content (AvgIpc) is 3.10. The molecule has 4 aliphatic carbocycles. The minimum atomic E-state index is -0.124. The van der Waals surface area contributed by atoms with Gasteiger partial charge in [-0.25, -0.2) is 4.79 Å². The van der Waals surface area contributed by atoms with E-state index in [9.17, 15) is 9.90 Å². The molecular formula is C28H42O3. The Morgan fingerprint density at radius 3 is 2.71 bits per heavy atom. The molecule has 5 rings (SSSR count). The number of fused-ring (bicyclic) bond motifs is 5. The van der Waals surface area contributed by atoms with Gasteiger partial charge in [0.15, 0.2) is 0 Å². The van der Waals surface area contributed by atoms with Gasteiger partial charge in [-0.15, -0.1) is 0 Å². The molecule has 3 nitrogen and oxygen atoms in total. The van der Waals surface area contributed by atoms with Crippen LogP contribution < -0.4 is 0 Å². The number of cyclic esters (lactones) is 1. The van der Waals surface area contributed by atoms with E-state index in [0.29, 0.717) is 22.7 Å². The topological polar surface area (TPSA) is 46.5 Å². The molecule has 1 N–H and O–H groups in total. The van der Waals surface area contributed by atoms with Crippen LogP contribution in [0.1, 0.15) is 91.9 Å². The van der Waals surface area contributed by atoms with Gasteiger partial charge < -0.3 is 9.84 Å².